The Hall–Kier alpha value is -0.830. The molecule has 0 spiro atoms. The van der Waals surface area contributed by atoms with Gasteiger partial charge >= 0.3 is 5.97 Å². The Labute approximate surface area is 209 Å². The average molecular weight is 470 g/mol. The fourth-order valence-corrected chi connectivity index (χ4v) is 10.8. The molecule has 8 atom stereocenters. The number of hydrogen-bond donors (Lipinski definition) is 1. The van der Waals surface area contributed by atoms with Crippen molar-refractivity contribution in [2.45, 2.75) is 119 Å². The maximum Gasteiger partial charge on any atom is 0.312 e. The van der Waals surface area contributed by atoms with E-state index >= 15 is 0 Å². The van der Waals surface area contributed by atoms with Crippen molar-refractivity contribution in [1.82, 2.24) is 0 Å². The third-order valence-corrected chi connectivity index (χ3v) is 13.3. The van der Waals surface area contributed by atoms with Gasteiger partial charge in [0, 0.05) is 6.04 Å². The molecular weight excluding hydrogens is 418 g/mol. The van der Waals surface area contributed by atoms with Gasteiger partial charge in [0.25, 0.3) is 0 Å². The van der Waals surface area contributed by atoms with E-state index in [-0.39, 0.29) is 33.0 Å². The molecule has 0 heterocycles. The van der Waals surface area contributed by atoms with Crippen molar-refractivity contribution in [3.63, 3.8) is 0 Å². The van der Waals surface area contributed by atoms with Crippen molar-refractivity contribution in [2.24, 2.45) is 56.0 Å². The zero-order valence-electron chi connectivity index (χ0n) is 23.4. The Balaban J connectivity index is 1.60. The normalized spacial score (nSPS) is 51.1. The van der Waals surface area contributed by atoms with E-state index in [1.807, 2.05) is 0 Å². The van der Waals surface area contributed by atoms with Gasteiger partial charge in [-0.2, -0.15) is 0 Å². The van der Waals surface area contributed by atoms with E-state index in [9.17, 15) is 4.79 Å². The second kappa shape index (κ2) is 7.36. The maximum atomic E-state index is 13.4. The summed E-state index contributed by atoms with van der Waals surface area (Å²) in [4.78, 5) is 13.4. The van der Waals surface area contributed by atoms with Gasteiger partial charge in [-0.05, 0) is 109 Å². The second-order valence-corrected chi connectivity index (χ2v) is 15.3. The average Bonchev–Trinajstić information content (AvgIpc) is 2.76. The monoisotopic (exact) mass is 469 g/mol. The minimum atomic E-state index is -0.306. The third-order valence-electron chi connectivity index (χ3n) is 13.3. The van der Waals surface area contributed by atoms with Gasteiger partial charge in [0.15, 0.2) is 0 Å². The summed E-state index contributed by atoms with van der Waals surface area (Å²) in [7, 11) is 1.60. The lowest BCUT2D eigenvalue weighted by molar-refractivity contribution is -0.191. The molecule has 5 aliphatic rings. The highest BCUT2D eigenvalue weighted by Gasteiger charge is 2.69. The quantitative estimate of drug-likeness (QED) is 0.324. The van der Waals surface area contributed by atoms with E-state index in [4.69, 9.17) is 10.5 Å². The number of esters is 1. The lowest BCUT2D eigenvalue weighted by Crippen LogP contribution is -2.65. The lowest BCUT2D eigenvalue weighted by Gasteiger charge is -2.71. The van der Waals surface area contributed by atoms with E-state index in [0.29, 0.717) is 29.2 Å². The number of nitrogens with two attached hydrogens (primary N) is 1. The molecule has 34 heavy (non-hydrogen) atoms. The van der Waals surface area contributed by atoms with Crippen LogP contribution in [0.1, 0.15) is 113 Å². The molecule has 3 nitrogen and oxygen atoms in total. The number of ether oxygens (including phenoxy) is 1. The van der Waals surface area contributed by atoms with E-state index < -0.39 is 0 Å². The number of rotatable bonds is 1. The molecule has 0 aromatic heterocycles. The summed E-state index contributed by atoms with van der Waals surface area (Å²) in [6.45, 7) is 17.6. The van der Waals surface area contributed by atoms with Gasteiger partial charge in [0.05, 0.1) is 12.5 Å². The Morgan fingerprint density at radius 3 is 2.26 bits per heavy atom. The summed E-state index contributed by atoms with van der Waals surface area (Å²) in [5.41, 5.74) is 9.32. The molecule has 5 aliphatic carbocycles. The van der Waals surface area contributed by atoms with E-state index in [1.54, 1.807) is 12.7 Å². The molecule has 0 aliphatic heterocycles. The van der Waals surface area contributed by atoms with Crippen LogP contribution in [0.4, 0.5) is 0 Å². The molecule has 5 rings (SSSR count). The van der Waals surface area contributed by atoms with Gasteiger partial charge in [-0.25, -0.2) is 0 Å². The molecule has 2 N–H and O–H groups in total. The van der Waals surface area contributed by atoms with Crippen molar-refractivity contribution >= 4 is 5.97 Å². The molecular formula is C31H51NO2. The summed E-state index contributed by atoms with van der Waals surface area (Å²) < 4.78 is 5.50. The van der Waals surface area contributed by atoms with Gasteiger partial charge in [0.1, 0.15) is 0 Å². The summed E-state index contributed by atoms with van der Waals surface area (Å²) >= 11 is 0. The highest BCUT2D eigenvalue weighted by Crippen LogP contribution is 2.75. The first-order valence-electron chi connectivity index (χ1n) is 14.2. The van der Waals surface area contributed by atoms with E-state index in [0.717, 1.165) is 38.5 Å². The predicted octanol–water partition coefficient (Wildman–Crippen LogP) is 7.29. The van der Waals surface area contributed by atoms with E-state index in [1.165, 1.54) is 25.7 Å². The Morgan fingerprint density at radius 1 is 0.912 bits per heavy atom. The third kappa shape index (κ3) is 2.94. The smallest absolute Gasteiger partial charge is 0.312 e. The van der Waals surface area contributed by atoms with Gasteiger partial charge in [-0.15, -0.1) is 0 Å². The number of hydrogen-bond acceptors (Lipinski definition) is 3. The molecule has 4 saturated carbocycles. The SMILES string of the molecule is COC(=O)[C@]12CCC(C)(C)C[C@@H]1C1=CC[C@@H]3[C@@]4(C)CC[C@H](N)C(C)(C)[C@@H]4CC[C@@]3(C)[C@]1(C)CC2. The van der Waals surface area contributed by atoms with Crippen LogP contribution in [0.3, 0.4) is 0 Å². The van der Waals surface area contributed by atoms with Crippen LogP contribution in [0.5, 0.6) is 0 Å². The summed E-state index contributed by atoms with van der Waals surface area (Å²) in [6, 6.07) is 0.319. The van der Waals surface area contributed by atoms with Crippen LogP contribution in [0.15, 0.2) is 11.6 Å². The van der Waals surface area contributed by atoms with Crippen LogP contribution >= 0.6 is 0 Å². The van der Waals surface area contributed by atoms with Crippen molar-refractivity contribution in [2.75, 3.05) is 7.11 Å². The zero-order chi connectivity index (χ0) is 24.9. The molecule has 4 fully saturated rings. The van der Waals surface area contributed by atoms with Crippen LogP contribution in [0, 0.1) is 50.2 Å². The fourth-order valence-electron chi connectivity index (χ4n) is 10.8. The molecule has 0 saturated heterocycles. The van der Waals surface area contributed by atoms with Crippen molar-refractivity contribution in [3.05, 3.63) is 11.6 Å². The number of methoxy groups -OCH3 is 1. The Bertz CT molecular complexity index is 903. The van der Waals surface area contributed by atoms with E-state index in [2.05, 4.69) is 54.5 Å². The molecule has 0 bridgehead atoms. The molecule has 0 unspecified atom stereocenters. The van der Waals surface area contributed by atoms with Crippen LogP contribution in [0.2, 0.25) is 0 Å². The van der Waals surface area contributed by atoms with Crippen LogP contribution < -0.4 is 5.73 Å². The topological polar surface area (TPSA) is 52.3 Å². The molecule has 0 amide bonds. The number of allylic oxidation sites excluding steroid dienone is 2. The predicted molar refractivity (Wildman–Crippen MR) is 139 cm³/mol. The summed E-state index contributed by atoms with van der Waals surface area (Å²) in [6.07, 6.45) is 14.2. The number of carbonyl (C=O) groups excluding carboxylic acids is 1. The van der Waals surface area contributed by atoms with Crippen molar-refractivity contribution < 1.29 is 9.53 Å². The summed E-state index contributed by atoms with van der Waals surface area (Å²) in [5, 5.41) is 0. The minimum absolute atomic E-state index is 0.0573. The standard InChI is InChI=1S/C31H51NO2/c1-26(2)15-17-31(25(33)34-8)18-16-29(6)20(21(31)19-26)9-10-23-28(5)13-12-24(32)27(3,4)22(28)11-14-30(23,29)7/h9,21-24H,10-19,32H2,1-8H3/t21-,22+,23-,24+,28+,29-,30-,31+/m1/s1. The maximum absolute atomic E-state index is 13.4. The van der Waals surface area contributed by atoms with Crippen molar-refractivity contribution in [1.29, 1.82) is 0 Å². The zero-order valence-corrected chi connectivity index (χ0v) is 23.4. The van der Waals surface area contributed by atoms with Crippen molar-refractivity contribution in [3.8, 4) is 0 Å². The molecule has 0 aromatic rings. The lowest BCUT2D eigenvalue weighted by atomic mass is 9.33. The number of carbonyl (C=O) groups is 1. The van der Waals surface area contributed by atoms with Crippen LogP contribution in [0.25, 0.3) is 0 Å². The molecule has 0 radical (unpaired) electrons. The highest BCUT2D eigenvalue weighted by atomic mass is 16.5. The Kier molecular flexibility index (Phi) is 5.38. The van der Waals surface area contributed by atoms with Crippen LogP contribution in [-0.2, 0) is 9.53 Å². The number of fused-ring (bicyclic) bond motifs is 7. The molecule has 3 heteroatoms. The minimum Gasteiger partial charge on any atom is -0.469 e. The first-order chi connectivity index (χ1) is 15.7. The van der Waals surface area contributed by atoms with Gasteiger partial charge in [-0.3, -0.25) is 4.79 Å². The highest BCUT2D eigenvalue weighted by molar-refractivity contribution is 5.78. The van der Waals surface area contributed by atoms with Gasteiger partial charge < -0.3 is 10.5 Å². The first kappa shape index (κ1) is 24.8. The molecule has 192 valence electrons. The van der Waals surface area contributed by atoms with Gasteiger partial charge in [0.2, 0.25) is 0 Å². The fraction of sp³-hybridized carbons (Fsp3) is 0.903. The Morgan fingerprint density at radius 2 is 1.59 bits per heavy atom. The summed E-state index contributed by atoms with van der Waals surface area (Å²) in [5.74, 6) is 1.79. The largest absolute Gasteiger partial charge is 0.469 e. The first-order valence-corrected chi connectivity index (χ1v) is 14.2. The molecule has 0 aromatic carbocycles. The van der Waals surface area contributed by atoms with Gasteiger partial charge in [-0.1, -0.05) is 60.1 Å². The van der Waals surface area contributed by atoms with Crippen LogP contribution in [-0.4, -0.2) is 19.1 Å². The second-order valence-electron chi connectivity index (χ2n) is 15.3.